The average molecular weight is 749 g/mol. The number of nitrogens with one attached hydrogen (secondary N) is 2. The first-order valence-electron chi connectivity index (χ1n) is 19.4. The molecule has 296 valence electrons. The van der Waals surface area contributed by atoms with Crippen molar-refractivity contribution in [2.24, 2.45) is 29.2 Å². The van der Waals surface area contributed by atoms with Crippen molar-refractivity contribution >= 4 is 34.9 Å². The van der Waals surface area contributed by atoms with Gasteiger partial charge in [-0.05, 0) is 75.2 Å². The Bertz CT molecular complexity index is 1550. The summed E-state index contributed by atoms with van der Waals surface area (Å²) in [7, 11) is 0. The molecular weight excluding hydrogens is 688 g/mol. The van der Waals surface area contributed by atoms with Crippen LogP contribution in [0.1, 0.15) is 101 Å². The van der Waals surface area contributed by atoms with Crippen molar-refractivity contribution in [3.8, 4) is 11.1 Å². The van der Waals surface area contributed by atoms with Crippen LogP contribution in [0.2, 0.25) is 0 Å². The quantitative estimate of drug-likeness (QED) is 0.0533. The van der Waals surface area contributed by atoms with Gasteiger partial charge in [-0.25, -0.2) is 0 Å². The van der Waals surface area contributed by atoms with E-state index in [1.807, 2.05) is 12.1 Å². The number of aliphatic hydroxyl groups excluding tert-OH is 1. The molecule has 0 aliphatic carbocycles. The van der Waals surface area contributed by atoms with Crippen LogP contribution in [0.25, 0.3) is 11.1 Å². The molecule has 2 aromatic carbocycles. The number of benzene rings is 2. The Kier molecular flexibility index (Phi) is 18.3. The van der Waals surface area contributed by atoms with Gasteiger partial charge in [-0.1, -0.05) is 75.7 Å². The van der Waals surface area contributed by atoms with E-state index in [4.69, 9.17) is 16.2 Å². The number of unbranched alkanes of at least 4 members (excludes halogenated alkanes) is 2. The zero-order chi connectivity index (χ0) is 39.8. The molecule has 1 aliphatic heterocycles. The van der Waals surface area contributed by atoms with Crippen LogP contribution < -0.4 is 22.1 Å². The van der Waals surface area contributed by atoms with Crippen molar-refractivity contribution in [1.29, 1.82) is 0 Å². The average Bonchev–Trinajstić information content (AvgIpc) is 4.01. The van der Waals surface area contributed by atoms with Gasteiger partial charge < -0.3 is 31.9 Å². The number of hydrogen-bond acceptors (Lipinski definition) is 10. The summed E-state index contributed by atoms with van der Waals surface area (Å²) in [6.07, 6.45) is 2.74. The topological polar surface area (TPSA) is 211 Å². The number of Topliss-reactive ketones (excluding diaryl/α,β-unsaturated/α-hetero) is 4. The van der Waals surface area contributed by atoms with Crippen molar-refractivity contribution < 1.29 is 38.6 Å². The van der Waals surface area contributed by atoms with Gasteiger partial charge in [-0.2, -0.15) is 0 Å². The lowest BCUT2D eigenvalue weighted by Gasteiger charge is -2.25. The predicted octanol–water partition coefficient (Wildman–Crippen LogP) is 3.87. The Morgan fingerprint density at radius 2 is 1.37 bits per heavy atom. The van der Waals surface area contributed by atoms with Crippen LogP contribution in [-0.2, 0) is 35.1 Å². The Labute approximate surface area is 319 Å². The maximum atomic E-state index is 13.5. The van der Waals surface area contributed by atoms with E-state index in [-0.39, 0.29) is 49.6 Å². The Morgan fingerprint density at radius 1 is 0.759 bits per heavy atom. The first kappa shape index (κ1) is 44.3. The van der Waals surface area contributed by atoms with Gasteiger partial charge in [-0.15, -0.1) is 0 Å². The van der Waals surface area contributed by atoms with Crippen LogP contribution in [0.4, 0.5) is 0 Å². The van der Waals surface area contributed by atoms with Gasteiger partial charge in [0.1, 0.15) is 12.1 Å². The fourth-order valence-corrected chi connectivity index (χ4v) is 6.42. The fraction of sp³-hybridized carbons (Fsp3) is 0.571. The van der Waals surface area contributed by atoms with Gasteiger partial charge in [0.2, 0.25) is 11.8 Å². The second-order valence-corrected chi connectivity index (χ2v) is 14.7. The maximum absolute atomic E-state index is 13.5. The van der Waals surface area contributed by atoms with Crippen LogP contribution in [0.5, 0.6) is 0 Å². The van der Waals surface area contributed by atoms with Crippen LogP contribution >= 0.6 is 0 Å². The van der Waals surface area contributed by atoms with Crippen LogP contribution in [0, 0.1) is 17.8 Å². The monoisotopic (exact) mass is 748 g/mol. The van der Waals surface area contributed by atoms with Gasteiger partial charge in [0, 0.05) is 42.6 Å². The lowest BCUT2D eigenvalue weighted by atomic mass is 9.91. The molecule has 0 spiro atoms. The molecule has 1 heterocycles. The van der Waals surface area contributed by atoms with E-state index in [0.717, 1.165) is 30.4 Å². The van der Waals surface area contributed by atoms with Crippen molar-refractivity contribution in [2.75, 3.05) is 19.7 Å². The minimum atomic E-state index is -1.34. The molecule has 2 amide bonds. The number of rotatable bonds is 26. The molecule has 0 radical (unpaired) electrons. The predicted molar refractivity (Wildman–Crippen MR) is 207 cm³/mol. The molecule has 7 N–H and O–H groups in total. The maximum Gasteiger partial charge on any atom is 0.224 e. The fourth-order valence-electron chi connectivity index (χ4n) is 6.42. The third-order valence-corrected chi connectivity index (χ3v) is 10.0. The van der Waals surface area contributed by atoms with Gasteiger partial charge in [-0.3, -0.25) is 28.8 Å². The number of carbonyl (C=O) groups is 6. The number of amides is 2. The molecule has 0 saturated carbocycles. The molecule has 12 heteroatoms. The highest BCUT2D eigenvalue weighted by Gasteiger charge is 2.37. The van der Waals surface area contributed by atoms with E-state index < -0.39 is 59.6 Å². The molecule has 3 rings (SSSR count). The van der Waals surface area contributed by atoms with Gasteiger partial charge in [0.15, 0.2) is 23.1 Å². The minimum Gasteiger partial charge on any atom is -0.391 e. The van der Waals surface area contributed by atoms with E-state index in [1.54, 1.807) is 19.1 Å². The first-order chi connectivity index (χ1) is 25.8. The molecule has 1 aliphatic rings. The van der Waals surface area contributed by atoms with E-state index in [1.165, 1.54) is 19.4 Å². The molecule has 0 aromatic heterocycles. The normalized spacial score (nSPS) is 17.0. The van der Waals surface area contributed by atoms with Crippen molar-refractivity contribution in [3.05, 3.63) is 59.7 Å². The second-order valence-electron chi connectivity index (χ2n) is 14.7. The smallest absolute Gasteiger partial charge is 0.224 e. The van der Waals surface area contributed by atoms with Crippen LogP contribution in [0.15, 0.2) is 48.5 Å². The highest BCUT2D eigenvalue weighted by molar-refractivity contribution is 6.00. The summed E-state index contributed by atoms with van der Waals surface area (Å²) in [5.41, 5.74) is 15.1. The van der Waals surface area contributed by atoms with Gasteiger partial charge in [0.05, 0.1) is 18.8 Å². The van der Waals surface area contributed by atoms with Crippen molar-refractivity contribution in [1.82, 2.24) is 10.6 Å². The Hall–Kier alpha value is -4.10. The molecular formula is C42H60N4O8. The molecule has 12 nitrogen and oxygen atoms in total. The largest absolute Gasteiger partial charge is 0.391 e. The van der Waals surface area contributed by atoms with E-state index >= 15 is 0 Å². The summed E-state index contributed by atoms with van der Waals surface area (Å²) in [6.45, 7) is 7.60. The lowest BCUT2D eigenvalue weighted by Crippen LogP contribution is -2.51. The van der Waals surface area contributed by atoms with Gasteiger partial charge in [0.25, 0.3) is 0 Å². The summed E-state index contributed by atoms with van der Waals surface area (Å²) in [4.78, 5) is 79.0. The third-order valence-electron chi connectivity index (χ3n) is 10.0. The zero-order valence-electron chi connectivity index (χ0n) is 32.3. The first-order valence-corrected chi connectivity index (χ1v) is 19.4. The molecule has 1 fully saturated rings. The molecule has 1 unspecified atom stereocenters. The highest BCUT2D eigenvalue weighted by Crippen LogP contribution is 2.23. The van der Waals surface area contributed by atoms with Crippen LogP contribution in [-0.4, -0.2) is 84.0 Å². The van der Waals surface area contributed by atoms with Crippen LogP contribution in [0.3, 0.4) is 0 Å². The zero-order valence-corrected chi connectivity index (χ0v) is 32.3. The minimum absolute atomic E-state index is 0.0544. The summed E-state index contributed by atoms with van der Waals surface area (Å²) < 4.78 is 5.05. The van der Waals surface area contributed by atoms with Gasteiger partial charge >= 0.3 is 0 Å². The number of epoxide rings is 1. The number of carbonyl (C=O) groups excluding carboxylic acids is 6. The lowest BCUT2D eigenvalue weighted by molar-refractivity contribution is -0.135. The number of aryl methyl sites for hydroxylation is 1. The van der Waals surface area contributed by atoms with E-state index in [9.17, 15) is 33.9 Å². The van der Waals surface area contributed by atoms with Crippen molar-refractivity contribution in [3.63, 3.8) is 0 Å². The molecule has 2 aromatic rings. The standard InChI is InChI=1S/C42H60N4O8/c1-5-6-9-29-11-13-30(14-12-29)31-15-17-32(18-16-31)35(48)24-33(19-21-44)42(53)46-39(28(4)47)37(50)23-27(3)41(52)45-34(10-7-8-20-43)36(49)22-26(2)40(51)38-25-54-38/h11-18,26-28,33-34,38-39,47H,5-10,19-25,43-44H2,1-4H3,(H,45,52)(H,46,53)/t26-,27-,28-,33-,34+,38?,39+/m1/s1. The summed E-state index contributed by atoms with van der Waals surface area (Å²) >= 11 is 0. The molecule has 7 atom stereocenters. The van der Waals surface area contributed by atoms with E-state index in [0.29, 0.717) is 38.0 Å². The summed E-state index contributed by atoms with van der Waals surface area (Å²) in [5.74, 6) is -4.74. The highest BCUT2D eigenvalue weighted by atomic mass is 16.6. The number of hydrogen-bond donors (Lipinski definition) is 5. The number of aliphatic hydroxyl groups is 1. The van der Waals surface area contributed by atoms with E-state index in [2.05, 4.69) is 41.8 Å². The molecule has 1 saturated heterocycles. The molecule has 54 heavy (non-hydrogen) atoms. The van der Waals surface area contributed by atoms with Crippen molar-refractivity contribution in [2.45, 2.75) is 116 Å². The Morgan fingerprint density at radius 3 is 1.93 bits per heavy atom. The number of ketones is 4. The summed E-state index contributed by atoms with van der Waals surface area (Å²) in [6, 6.07) is 13.4. The third kappa shape index (κ3) is 14.0. The number of ether oxygens (including phenoxy) is 1. The SMILES string of the molecule is CCCCc1ccc(-c2ccc(C(=O)C[C@@H](CCN)C(=O)N[C@H](C(=O)C[C@@H](C)C(=O)N[C@@H](CCCCN)C(=O)C[C@@H](C)C(=O)C3CO3)[C@@H](C)O)cc2)cc1. The molecule has 0 bridgehead atoms. The Balaban J connectivity index is 1.60. The summed E-state index contributed by atoms with van der Waals surface area (Å²) in [5, 5.41) is 15.9. The number of nitrogens with two attached hydrogens (primary N) is 2. The second kappa shape index (κ2) is 22.3.